The smallest absolute Gasteiger partial charge is 0.103 e. The van der Waals surface area contributed by atoms with Gasteiger partial charge >= 0.3 is 0 Å². The average molecular weight is 315 g/mol. The molecule has 0 unspecified atom stereocenters. The van der Waals surface area contributed by atoms with Crippen LogP contribution in [0.4, 0.5) is 0 Å². The first-order chi connectivity index (χ1) is 10.7. The Morgan fingerprint density at radius 1 is 0.545 bits per heavy atom. The minimum Gasteiger partial charge on any atom is -0.251 e. The molecule has 0 fully saturated rings. The average Bonchev–Trinajstić information content (AvgIpc) is 2.53. The zero-order valence-corrected chi connectivity index (χ0v) is 15.7. The van der Waals surface area contributed by atoms with Crippen LogP contribution in [0.1, 0.15) is 124 Å². The summed E-state index contributed by atoms with van der Waals surface area (Å²) >= 11 is 0. The van der Waals surface area contributed by atoms with E-state index in [1.165, 1.54) is 70.6 Å². The molecule has 0 spiro atoms. The predicted octanol–water partition coefficient (Wildman–Crippen LogP) is 7.52. The third-order valence-electron chi connectivity index (χ3n) is 4.84. The van der Waals surface area contributed by atoms with Crippen LogP contribution in [0.2, 0.25) is 0 Å². The van der Waals surface area contributed by atoms with Crippen LogP contribution in [-0.2, 0) is 4.89 Å². The summed E-state index contributed by atoms with van der Waals surface area (Å²) in [6.45, 7) is 6.62. The number of hydrogen-bond donors (Lipinski definition) is 1. The number of rotatable bonds is 17. The largest absolute Gasteiger partial charge is 0.251 e. The molecule has 0 aliphatic carbocycles. The molecule has 2 nitrogen and oxygen atoms in total. The third-order valence-corrected chi connectivity index (χ3v) is 4.84. The third kappa shape index (κ3) is 11.5. The lowest BCUT2D eigenvalue weighted by molar-refractivity contribution is -0.329. The van der Waals surface area contributed by atoms with Crippen LogP contribution < -0.4 is 0 Å². The summed E-state index contributed by atoms with van der Waals surface area (Å²) in [6.07, 6.45) is 20.2. The van der Waals surface area contributed by atoms with Crippen LogP contribution in [0.15, 0.2) is 0 Å². The van der Waals surface area contributed by atoms with Crippen molar-refractivity contribution >= 4 is 0 Å². The Morgan fingerprint density at radius 3 is 1.32 bits per heavy atom. The molecular weight excluding hydrogens is 272 g/mol. The lowest BCUT2D eigenvalue weighted by Crippen LogP contribution is -2.31. The minimum absolute atomic E-state index is 0.261. The summed E-state index contributed by atoms with van der Waals surface area (Å²) < 4.78 is 0. The highest BCUT2D eigenvalue weighted by Gasteiger charge is 2.29. The molecule has 0 aliphatic rings. The first kappa shape index (κ1) is 21.9. The van der Waals surface area contributed by atoms with Crippen molar-refractivity contribution in [2.45, 2.75) is 129 Å². The maximum Gasteiger partial charge on any atom is 0.103 e. The Kier molecular flexibility index (Phi) is 15.7. The Bertz CT molecular complexity index is 210. The molecule has 0 saturated carbocycles. The van der Waals surface area contributed by atoms with E-state index in [2.05, 4.69) is 20.8 Å². The van der Waals surface area contributed by atoms with Crippen molar-refractivity contribution in [3.63, 3.8) is 0 Å². The standard InChI is InChI=1S/C20H42O2/c1-4-7-8-9-10-11-12-13-14-15-16-19-20(22-21,17-5-2)18-6-3/h21H,4-19H2,1-3H3. The highest BCUT2D eigenvalue weighted by atomic mass is 17.1. The monoisotopic (exact) mass is 314 g/mol. The van der Waals surface area contributed by atoms with Gasteiger partial charge in [-0.25, -0.2) is 4.89 Å². The molecule has 0 amide bonds. The van der Waals surface area contributed by atoms with Crippen molar-refractivity contribution in [3.8, 4) is 0 Å². The van der Waals surface area contributed by atoms with Gasteiger partial charge in [0, 0.05) is 0 Å². The van der Waals surface area contributed by atoms with Crippen LogP contribution in [0, 0.1) is 0 Å². The maximum absolute atomic E-state index is 9.30. The van der Waals surface area contributed by atoms with E-state index in [4.69, 9.17) is 4.89 Å². The molecule has 0 atom stereocenters. The molecular formula is C20H42O2. The molecule has 22 heavy (non-hydrogen) atoms. The fourth-order valence-corrected chi connectivity index (χ4v) is 3.53. The van der Waals surface area contributed by atoms with Crippen LogP contribution in [-0.4, -0.2) is 10.9 Å². The molecule has 0 radical (unpaired) electrons. The van der Waals surface area contributed by atoms with E-state index in [1.54, 1.807) is 0 Å². The lowest BCUT2D eigenvalue weighted by Gasteiger charge is -2.30. The quantitative estimate of drug-likeness (QED) is 0.171. The van der Waals surface area contributed by atoms with Gasteiger partial charge < -0.3 is 0 Å². The topological polar surface area (TPSA) is 29.5 Å². The van der Waals surface area contributed by atoms with Gasteiger partial charge in [0.25, 0.3) is 0 Å². The van der Waals surface area contributed by atoms with Crippen molar-refractivity contribution in [1.29, 1.82) is 0 Å². The van der Waals surface area contributed by atoms with Crippen molar-refractivity contribution in [3.05, 3.63) is 0 Å². The van der Waals surface area contributed by atoms with E-state index in [0.29, 0.717) is 0 Å². The van der Waals surface area contributed by atoms with Gasteiger partial charge in [0.2, 0.25) is 0 Å². The normalized spacial score (nSPS) is 12.0. The van der Waals surface area contributed by atoms with Crippen molar-refractivity contribution in [2.24, 2.45) is 0 Å². The summed E-state index contributed by atoms with van der Waals surface area (Å²) in [5, 5.41) is 9.30. The summed E-state index contributed by atoms with van der Waals surface area (Å²) in [6, 6.07) is 0. The fourth-order valence-electron chi connectivity index (χ4n) is 3.53. The highest BCUT2D eigenvalue weighted by Crippen LogP contribution is 2.29. The van der Waals surface area contributed by atoms with Gasteiger partial charge in [-0.3, -0.25) is 5.26 Å². The van der Waals surface area contributed by atoms with Crippen LogP contribution in [0.25, 0.3) is 0 Å². The van der Waals surface area contributed by atoms with Gasteiger partial charge in [0.15, 0.2) is 0 Å². The van der Waals surface area contributed by atoms with Gasteiger partial charge in [0.05, 0.1) is 0 Å². The zero-order chi connectivity index (χ0) is 16.5. The van der Waals surface area contributed by atoms with Crippen LogP contribution >= 0.6 is 0 Å². The molecule has 0 aromatic heterocycles. The van der Waals surface area contributed by atoms with E-state index in [-0.39, 0.29) is 5.60 Å². The number of unbranched alkanes of at least 4 members (excludes halogenated alkanes) is 10. The van der Waals surface area contributed by atoms with Gasteiger partial charge in [-0.15, -0.1) is 0 Å². The van der Waals surface area contributed by atoms with Crippen molar-refractivity contribution in [2.75, 3.05) is 0 Å². The molecule has 0 saturated heterocycles. The molecule has 0 bridgehead atoms. The number of hydrogen-bond acceptors (Lipinski definition) is 2. The van der Waals surface area contributed by atoms with Gasteiger partial charge in [-0.1, -0.05) is 104 Å². The molecule has 1 N–H and O–H groups in total. The molecule has 134 valence electrons. The summed E-state index contributed by atoms with van der Waals surface area (Å²) in [4.78, 5) is 4.91. The van der Waals surface area contributed by atoms with Crippen LogP contribution in [0.3, 0.4) is 0 Å². The first-order valence-corrected chi connectivity index (χ1v) is 10.1. The highest BCUT2D eigenvalue weighted by molar-refractivity contribution is 4.78. The first-order valence-electron chi connectivity index (χ1n) is 10.1. The second-order valence-corrected chi connectivity index (χ2v) is 7.06. The van der Waals surface area contributed by atoms with Crippen molar-refractivity contribution in [1.82, 2.24) is 0 Å². The summed E-state index contributed by atoms with van der Waals surface area (Å²) in [7, 11) is 0. The molecule has 0 aromatic carbocycles. The van der Waals surface area contributed by atoms with Crippen LogP contribution in [0.5, 0.6) is 0 Å². The van der Waals surface area contributed by atoms with E-state index < -0.39 is 0 Å². The lowest BCUT2D eigenvalue weighted by atomic mass is 9.87. The van der Waals surface area contributed by atoms with Gasteiger partial charge in [-0.05, 0) is 19.3 Å². The second-order valence-electron chi connectivity index (χ2n) is 7.06. The Hall–Kier alpha value is -0.0800. The fraction of sp³-hybridized carbons (Fsp3) is 1.00. The molecule has 0 heterocycles. The van der Waals surface area contributed by atoms with Gasteiger partial charge in [-0.2, -0.15) is 0 Å². The van der Waals surface area contributed by atoms with Crippen molar-refractivity contribution < 1.29 is 10.1 Å². The zero-order valence-electron chi connectivity index (χ0n) is 15.7. The van der Waals surface area contributed by atoms with E-state index in [9.17, 15) is 5.26 Å². The summed E-state index contributed by atoms with van der Waals surface area (Å²) in [5.74, 6) is 0. The SMILES string of the molecule is CCCCCCCCCCCCCC(CCC)(CCC)OO. The van der Waals surface area contributed by atoms with E-state index in [0.717, 1.165) is 32.1 Å². The molecule has 0 aliphatic heterocycles. The Labute approximate surface area is 140 Å². The Balaban J connectivity index is 3.53. The molecule has 0 rings (SSSR count). The molecule has 2 heteroatoms. The summed E-state index contributed by atoms with van der Waals surface area (Å²) in [5.41, 5.74) is -0.261. The van der Waals surface area contributed by atoms with E-state index >= 15 is 0 Å². The van der Waals surface area contributed by atoms with Gasteiger partial charge in [0.1, 0.15) is 5.60 Å². The van der Waals surface area contributed by atoms with E-state index in [1.807, 2.05) is 0 Å². The maximum atomic E-state index is 9.30. The predicted molar refractivity (Wildman–Crippen MR) is 97.3 cm³/mol. The second kappa shape index (κ2) is 15.8. The molecule has 0 aromatic rings. The minimum atomic E-state index is -0.261. The Morgan fingerprint density at radius 2 is 0.955 bits per heavy atom.